The zero-order valence-electron chi connectivity index (χ0n) is 11.0. The van der Waals surface area contributed by atoms with Gasteiger partial charge in [0, 0.05) is 6.04 Å². The summed E-state index contributed by atoms with van der Waals surface area (Å²) in [5.41, 5.74) is 7.14. The molecule has 0 aliphatic carbocycles. The molecule has 100 valence electrons. The summed E-state index contributed by atoms with van der Waals surface area (Å²) in [6, 6.07) is 10.2. The molecule has 1 aromatic carbocycles. The van der Waals surface area contributed by atoms with Crippen LogP contribution in [-0.4, -0.2) is 17.1 Å². The molecule has 0 spiro atoms. The molecule has 0 aromatic heterocycles. The van der Waals surface area contributed by atoms with Crippen LogP contribution in [0.5, 0.6) is 0 Å². The third-order valence-electron chi connectivity index (χ3n) is 3.15. The number of benzene rings is 1. The second-order valence-corrected chi connectivity index (χ2v) is 5.08. The minimum atomic E-state index is -0.806. The van der Waals surface area contributed by atoms with Gasteiger partial charge in [-0.25, -0.2) is 0 Å². The fourth-order valence-corrected chi connectivity index (χ4v) is 2.24. The van der Waals surface area contributed by atoms with E-state index in [4.69, 9.17) is 10.8 Å². The SMILES string of the molecule is CC(CCCc1ccccc1)CC(N)CC(=O)O. The van der Waals surface area contributed by atoms with E-state index in [1.165, 1.54) is 5.56 Å². The lowest BCUT2D eigenvalue weighted by atomic mass is 9.94. The molecule has 3 heteroatoms. The van der Waals surface area contributed by atoms with Crippen molar-refractivity contribution in [3.8, 4) is 0 Å². The van der Waals surface area contributed by atoms with Crippen LogP contribution in [0.15, 0.2) is 30.3 Å². The number of nitrogens with two attached hydrogens (primary N) is 1. The molecule has 3 nitrogen and oxygen atoms in total. The van der Waals surface area contributed by atoms with Gasteiger partial charge in [0.1, 0.15) is 0 Å². The smallest absolute Gasteiger partial charge is 0.304 e. The summed E-state index contributed by atoms with van der Waals surface area (Å²) in [6.45, 7) is 2.15. The van der Waals surface area contributed by atoms with Gasteiger partial charge in [-0.3, -0.25) is 4.79 Å². The third-order valence-corrected chi connectivity index (χ3v) is 3.15. The first-order valence-corrected chi connectivity index (χ1v) is 6.59. The Hall–Kier alpha value is -1.35. The Morgan fingerprint density at radius 1 is 1.33 bits per heavy atom. The molecule has 0 saturated carbocycles. The number of carboxylic acids is 1. The molecule has 2 unspecified atom stereocenters. The molecule has 0 aliphatic heterocycles. The topological polar surface area (TPSA) is 63.3 Å². The highest BCUT2D eigenvalue weighted by Crippen LogP contribution is 2.15. The molecule has 0 fully saturated rings. The summed E-state index contributed by atoms with van der Waals surface area (Å²) in [6.07, 6.45) is 4.18. The Morgan fingerprint density at radius 3 is 2.61 bits per heavy atom. The maximum absolute atomic E-state index is 10.5. The van der Waals surface area contributed by atoms with Crippen molar-refractivity contribution >= 4 is 5.97 Å². The second kappa shape index (κ2) is 7.88. The Bertz CT molecular complexity index is 351. The summed E-state index contributed by atoms with van der Waals surface area (Å²) in [7, 11) is 0. The van der Waals surface area contributed by atoms with Crippen LogP contribution in [0.25, 0.3) is 0 Å². The molecule has 0 heterocycles. The predicted molar refractivity (Wildman–Crippen MR) is 73.4 cm³/mol. The zero-order valence-corrected chi connectivity index (χ0v) is 11.0. The first-order chi connectivity index (χ1) is 8.58. The van der Waals surface area contributed by atoms with Crippen LogP contribution in [0, 0.1) is 5.92 Å². The van der Waals surface area contributed by atoms with Crippen LogP contribution < -0.4 is 5.73 Å². The molecule has 0 amide bonds. The molecule has 2 atom stereocenters. The maximum atomic E-state index is 10.5. The van der Waals surface area contributed by atoms with Gasteiger partial charge in [0.25, 0.3) is 0 Å². The summed E-state index contributed by atoms with van der Waals surface area (Å²) in [5.74, 6) is -0.318. The van der Waals surface area contributed by atoms with Crippen LogP contribution in [0.4, 0.5) is 0 Å². The Morgan fingerprint density at radius 2 is 2.00 bits per heavy atom. The minimum absolute atomic E-state index is 0.0724. The van der Waals surface area contributed by atoms with Gasteiger partial charge < -0.3 is 10.8 Å². The van der Waals surface area contributed by atoms with Gasteiger partial charge in [-0.15, -0.1) is 0 Å². The van der Waals surface area contributed by atoms with Gasteiger partial charge >= 0.3 is 5.97 Å². The first-order valence-electron chi connectivity index (χ1n) is 6.59. The lowest BCUT2D eigenvalue weighted by Gasteiger charge is -2.15. The number of aryl methyl sites for hydroxylation is 1. The van der Waals surface area contributed by atoms with Gasteiger partial charge in [-0.1, -0.05) is 43.7 Å². The lowest BCUT2D eigenvalue weighted by Crippen LogP contribution is -2.26. The normalized spacial score (nSPS) is 14.1. The molecule has 1 rings (SSSR count). The summed E-state index contributed by atoms with van der Waals surface area (Å²) in [5, 5.41) is 8.64. The molecule has 18 heavy (non-hydrogen) atoms. The highest BCUT2D eigenvalue weighted by Gasteiger charge is 2.12. The maximum Gasteiger partial charge on any atom is 0.304 e. The monoisotopic (exact) mass is 249 g/mol. The molecule has 3 N–H and O–H groups in total. The molecule has 0 bridgehead atoms. The van der Waals surface area contributed by atoms with Gasteiger partial charge in [-0.05, 0) is 30.7 Å². The van der Waals surface area contributed by atoms with Gasteiger partial charge in [0.2, 0.25) is 0 Å². The molecule has 0 aliphatic rings. The van der Waals surface area contributed by atoms with E-state index in [9.17, 15) is 4.79 Å². The van der Waals surface area contributed by atoms with E-state index in [0.717, 1.165) is 25.7 Å². The van der Waals surface area contributed by atoms with E-state index in [-0.39, 0.29) is 12.5 Å². The van der Waals surface area contributed by atoms with E-state index in [1.54, 1.807) is 0 Å². The number of aliphatic carboxylic acids is 1. The Labute approximate surface area is 109 Å². The van der Waals surface area contributed by atoms with Crippen molar-refractivity contribution in [3.05, 3.63) is 35.9 Å². The standard InChI is InChI=1S/C15H23NO2/c1-12(10-14(16)11-15(17)18)6-5-9-13-7-3-2-4-8-13/h2-4,7-8,12,14H,5-6,9-11,16H2,1H3,(H,17,18). The van der Waals surface area contributed by atoms with E-state index >= 15 is 0 Å². The van der Waals surface area contributed by atoms with E-state index < -0.39 is 5.97 Å². The van der Waals surface area contributed by atoms with Crippen molar-refractivity contribution < 1.29 is 9.90 Å². The van der Waals surface area contributed by atoms with Crippen molar-refractivity contribution in [1.29, 1.82) is 0 Å². The van der Waals surface area contributed by atoms with Crippen molar-refractivity contribution in [1.82, 2.24) is 0 Å². The highest BCUT2D eigenvalue weighted by molar-refractivity contribution is 5.67. The Balaban J connectivity index is 2.17. The number of carbonyl (C=O) groups is 1. The average molecular weight is 249 g/mol. The average Bonchev–Trinajstić information content (AvgIpc) is 2.29. The molecular weight excluding hydrogens is 226 g/mol. The van der Waals surface area contributed by atoms with Crippen LogP contribution in [0.3, 0.4) is 0 Å². The number of carboxylic acid groups (broad SMARTS) is 1. The molecule has 0 radical (unpaired) electrons. The molecule has 0 saturated heterocycles. The quantitative estimate of drug-likeness (QED) is 0.744. The van der Waals surface area contributed by atoms with Crippen molar-refractivity contribution in [2.45, 2.75) is 45.1 Å². The minimum Gasteiger partial charge on any atom is -0.481 e. The third kappa shape index (κ3) is 6.40. The van der Waals surface area contributed by atoms with Crippen LogP contribution >= 0.6 is 0 Å². The van der Waals surface area contributed by atoms with Gasteiger partial charge in [0.05, 0.1) is 6.42 Å². The summed E-state index contributed by atoms with van der Waals surface area (Å²) in [4.78, 5) is 10.5. The zero-order chi connectivity index (χ0) is 13.4. The first kappa shape index (κ1) is 14.7. The number of rotatable bonds is 8. The Kier molecular flexibility index (Phi) is 6.44. The molecule has 1 aromatic rings. The van der Waals surface area contributed by atoms with Crippen LogP contribution in [0.2, 0.25) is 0 Å². The second-order valence-electron chi connectivity index (χ2n) is 5.08. The fraction of sp³-hybridized carbons (Fsp3) is 0.533. The van der Waals surface area contributed by atoms with Crippen LogP contribution in [-0.2, 0) is 11.2 Å². The summed E-state index contributed by atoms with van der Waals surface area (Å²) >= 11 is 0. The molecular formula is C15H23NO2. The highest BCUT2D eigenvalue weighted by atomic mass is 16.4. The summed E-state index contributed by atoms with van der Waals surface area (Å²) < 4.78 is 0. The number of hydrogen-bond donors (Lipinski definition) is 2. The van der Waals surface area contributed by atoms with Gasteiger partial charge in [-0.2, -0.15) is 0 Å². The van der Waals surface area contributed by atoms with Crippen LogP contribution in [0.1, 0.15) is 38.2 Å². The van der Waals surface area contributed by atoms with Gasteiger partial charge in [0.15, 0.2) is 0 Å². The predicted octanol–water partition coefficient (Wildman–Crippen LogP) is 2.84. The largest absolute Gasteiger partial charge is 0.481 e. The fourth-order valence-electron chi connectivity index (χ4n) is 2.24. The number of hydrogen-bond acceptors (Lipinski definition) is 2. The van der Waals surface area contributed by atoms with E-state index in [0.29, 0.717) is 5.92 Å². The van der Waals surface area contributed by atoms with Crippen molar-refractivity contribution in [2.24, 2.45) is 11.7 Å². The van der Waals surface area contributed by atoms with Crippen molar-refractivity contribution in [2.75, 3.05) is 0 Å². The lowest BCUT2D eigenvalue weighted by molar-refractivity contribution is -0.137. The van der Waals surface area contributed by atoms with Crippen molar-refractivity contribution in [3.63, 3.8) is 0 Å². The van der Waals surface area contributed by atoms with E-state index in [2.05, 4.69) is 31.2 Å². The van der Waals surface area contributed by atoms with E-state index in [1.807, 2.05) is 6.07 Å².